The smallest absolute Gasteiger partial charge is 0.320 e. The van der Waals surface area contributed by atoms with Crippen LogP contribution in [0, 0.1) is 5.41 Å². The Hall–Kier alpha value is -1.43. The van der Waals surface area contributed by atoms with Crippen LogP contribution in [0.25, 0.3) is 0 Å². The van der Waals surface area contributed by atoms with Crippen molar-refractivity contribution in [3.05, 3.63) is 11.9 Å². The molecule has 0 rings (SSSR count). The quantitative estimate of drug-likeness (QED) is 0.387. The molecule has 5 N–H and O–H groups in total. The van der Waals surface area contributed by atoms with Crippen molar-refractivity contribution in [1.82, 2.24) is 5.32 Å². The monoisotopic (exact) mass is 217 g/mol. The van der Waals surface area contributed by atoms with Crippen molar-refractivity contribution >= 4 is 11.8 Å². The van der Waals surface area contributed by atoms with Crippen LogP contribution >= 0.6 is 0 Å². The van der Waals surface area contributed by atoms with Gasteiger partial charge in [0, 0.05) is 0 Å². The molecule has 0 fully saturated rings. The van der Waals surface area contributed by atoms with E-state index in [0.29, 0.717) is 0 Å². The number of halogens is 1. The van der Waals surface area contributed by atoms with Gasteiger partial charge in [-0.15, -0.1) is 0 Å². The van der Waals surface area contributed by atoms with Crippen LogP contribution in [0.2, 0.25) is 0 Å². The largest absolute Gasteiger partial charge is 0.480 e. The number of hydrogen-bond donors (Lipinski definition) is 4. The first-order chi connectivity index (χ1) is 6.93. The summed E-state index contributed by atoms with van der Waals surface area (Å²) < 4.78 is 12.9. The predicted molar refractivity (Wildman–Crippen MR) is 55.4 cm³/mol. The molecule has 86 valence electrons. The highest BCUT2D eigenvalue weighted by atomic mass is 19.1. The number of nitrogens with one attached hydrogen (secondary N) is 2. The molecule has 0 radical (unpaired) electrons. The minimum Gasteiger partial charge on any atom is -0.480 e. The van der Waals surface area contributed by atoms with Crippen LogP contribution in [0.5, 0.6) is 0 Å². The Bertz CT molecular complexity index is 266. The van der Waals surface area contributed by atoms with Crippen LogP contribution in [0.15, 0.2) is 11.9 Å². The van der Waals surface area contributed by atoms with Gasteiger partial charge in [0.15, 0.2) is 0 Å². The number of rotatable bonds is 6. The molecule has 0 aliphatic heterocycles. The fraction of sp³-hybridized carbons (Fsp3) is 0.556. The first kappa shape index (κ1) is 13.6. The molecule has 0 heterocycles. The average Bonchev–Trinajstić information content (AvgIpc) is 2.14. The normalized spacial score (nSPS) is 13.4. The summed E-state index contributed by atoms with van der Waals surface area (Å²) in [5.41, 5.74) is 5.22. The Morgan fingerprint density at radius 3 is 2.80 bits per heavy atom. The van der Waals surface area contributed by atoms with Crippen molar-refractivity contribution in [1.29, 1.82) is 5.41 Å². The Morgan fingerprint density at radius 1 is 1.73 bits per heavy atom. The zero-order valence-corrected chi connectivity index (χ0v) is 8.59. The fourth-order valence-electron chi connectivity index (χ4n) is 0.832. The number of aliphatic carboxylic acids is 1. The van der Waals surface area contributed by atoms with Gasteiger partial charge in [-0.3, -0.25) is 10.2 Å². The SMILES string of the molecule is CC(=N)NC/C(F)=C/CCC(N)C(=O)O. The van der Waals surface area contributed by atoms with Crippen LogP contribution in [0.4, 0.5) is 4.39 Å². The Morgan fingerprint density at radius 2 is 2.33 bits per heavy atom. The van der Waals surface area contributed by atoms with Gasteiger partial charge in [0.1, 0.15) is 11.9 Å². The van der Waals surface area contributed by atoms with Crippen LogP contribution in [0.3, 0.4) is 0 Å². The van der Waals surface area contributed by atoms with Crippen LogP contribution in [-0.4, -0.2) is 29.5 Å². The molecular weight excluding hydrogens is 201 g/mol. The van der Waals surface area contributed by atoms with Crippen molar-refractivity contribution in [2.45, 2.75) is 25.8 Å². The van der Waals surface area contributed by atoms with Gasteiger partial charge in [-0.1, -0.05) is 6.08 Å². The van der Waals surface area contributed by atoms with E-state index in [1.54, 1.807) is 0 Å². The summed E-state index contributed by atoms with van der Waals surface area (Å²) in [6.45, 7) is 1.46. The summed E-state index contributed by atoms with van der Waals surface area (Å²) in [5, 5.41) is 17.9. The van der Waals surface area contributed by atoms with Gasteiger partial charge >= 0.3 is 5.97 Å². The molecule has 0 aliphatic rings. The third kappa shape index (κ3) is 7.63. The molecule has 6 heteroatoms. The second-order valence-electron chi connectivity index (χ2n) is 3.15. The molecule has 0 bridgehead atoms. The molecule has 0 aromatic carbocycles. The zero-order valence-electron chi connectivity index (χ0n) is 8.59. The van der Waals surface area contributed by atoms with Crippen molar-refractivity contribution < 1.29 is 14.3 Å². The molecule has 1 atom stereocenters. The van der Waals surface area contributed by atoms with Gasteiger partial charge in [0.2, 0.25) is 0 Å². The topological polar surface area (TPSA) is 99.2 Å². The van der Waals surface area contributed by atoms with Gasteiger partial charge in [-0.2, -0.15) is 0 Å². The zero-order chi connectivity index (χ0) is 11.8. The molecule has 0 saturated carbocycles. The van der Waals surface area contributed by atoms with E-state index in [1.165, 1.54) is 13.0 Å². The van der Waals surface area contributed by atoms with Gasteiger partial charge in [0.25, 0.3) is 0 Å². The lowest BCUT2D eigenvalue weighted by molar-refractivity contribution is -0.138. The standard InChI is InChI=1S/C9H16FN3O2/c1-6(11)13-5-7(10)3-2-4-8(12)9(14)15/h3,8H,2,4-5,12H2,1H3,(H2,11,13)(H,14,15)/b7-3-. The van der Waals surface area contributed by atoms with Gasteiger partial charge in [-0.05, 0) is 19.8 Å². The van der Waals surface area contributed by atoms with E-state index in [0.717, 1.165) is 0 Å². The summed E-state index contributed by atoms with van der Waals surface area (Å²) in [5.74, 6) is -1.32. The third-order valence-corrected chi connectivity index (χ3v) is 1.68. The number of carbonyl (C=O) groups is 1. The van der Waals surface area contributed by atoms with Gasteiger partial charge < -0.3 is 16.2 Å². The average molecular weight is 217 g/mol. The maximum absolute atomic E-state index is 12.9. The molecule has 0 aliphatic carbocycles. The highest BCUT2D eigenvalue weighted by Gasteiger charge is 2.09. The molecule has 0 aromatic rings. The van der Waals surface area contributed by atoms with Crippen LogP contribution in [-0.2, 0) is 4.79 Å². The summed E-state index contributed by atoms with van der Waals surface area (Å²) >= 11 is 0. The molecule has 5 nitrogen and oxygen atoms in total. The highest BCUT2D eigenvalue weighted by molar-refractivity contribution is 5.76. The molecular formula is C9H16FN3O2. The molecule has 1 unspecified atom stereocenters. The lowest BCUT2D eigenvalue weighted by Crippen LogP contribution is -2.29. The molecule has 0 aromatic heterocycles. The van der Waals surface area contributed by atoms with Gasteiger partial charge in [-0.25, -0.2) is 4.39 Å². The minimum atomic E-state index is -1.09. The van der Waals surface area contributed by atoms with Crippen molar-refractivity contribution in [3.8, 4) is 0 Å². The van der Waals surface area contributed by atoms with E-state index in [-0.39, 0.29) is 25.2 Å². The summed E-state index contributed by atoms with van der Waals surface area (Å²) in [4.78, 5) is 10.3. The van der Waals surface area contributed by atoms with Crippen molar-refractivity contribution in [3.63, 3.8) is 0 Å². The van der Waals surface area contributed by atoms with Crippen molar-refractivity contribution in [2.75, 3.05) is 6.54 Å². The Labute approximate surface area is 87.7 Å². The number of amidine groups is 1. The fourth-order valence-corrected chi connectivity index (χ4v) is 0.832. The summed E-state index contributed by atoms with van der Waals surface area (Å²) in [6, 6.07) is -0.952. The number of carboxylic acid groups (broad SMARTS) is 1. The summed E-state index contributed by atoms with van der Waals surface area (Å²) in [6.07, 6.45) is 1.75. The van der Waals surface area contributed by atoms with E-state index >= 15 is 0 Å². The van der Waals surface area contributed by atoms with Gasteiger partial charge in [0.05, 0.1) is 12.4 Å². The van der Waals surface area contributed by atoms with E-state index in [1.807, 2.05) is 0 Å². The van der Waals surface area contributed by atoms with E-state index in [2.05, 4.69) is 5.32 Å². The molecule has 0 saturated heterocycles. The second-order valence-corrected chi connectivity index (χ2v) is 3.15. The number of nitrogens with two attached hydrogens (primary N) is 1. The Kier molecular flexibility index (Phi) is 6.28. The minimum absolute atomic E-state index is 0.0440. The first-order valence-electron chi connectivity index (χ1n) is 4.55. The number of allylic oxidation sites excluding steroid dienone is 1. The lowest BCUT2D eigenvalue weighted by atomic mass is 10.1. The second kappa shape index (κ2) is 6.94. The lowest BCUT2D eigenvalue weighted by Gasteiger charge is -2.04. The van der Waals surface area contributed by atoms with Crippen LogP contribution in [0.1, 0.15) is 19.8 Å². The number of carboxylic acids is 1. The highest BCUT2D eigenvalue weighted by Crippen LogP contribution is 2.01. The molecule has 15 heavy (non-hydrogen) atoms. The maximum atomic E-state index is 12.9. The Balaban J connectivity index is 3.76. The third-order valence-electron chi connectivity index (χ3n) is 1.68. The maximum Gasteiger partial charge on any atom is 0.320 e. The summed E-state index contributed by atoms with van der Waals surface area (Å²) in [7, 11) is 0. The first-order valence-corrected chi connectivity index (χ1v) is 4.55. The van der Waals surface area contributed by atoms with Crippen LogP contribution < -0.4 is 11.1 Å². The number of hydrogen-bond acceptors (Lipinski definition) is 3. The molecule has 0 spiro atoms. The van der Waals surface area contributed by atoms with Crippen molar-refractivity contribution in [2.24, 2.45) is 5.73 Å². The molecule has 0 amide bonds. The van der Waals surface area contributed by atoms with E-state index < -0.39 is 17.8 Å². The van der Waals surface area contributed by atoms with E-state index in [4.69, 9.17) is 16.2 Å². The predicted octanol–water partition coefficient (Wildman–Crippen LogP) is 0.619. The van der Waals surface area contributed by atoms with E-state index in [9.17, 15) is 9.18 Å².